The summed E-state index contributed by atoms with van der Waals surface area (Å²) < 4.78 is 0. The topological polar surface area (TPSA) is 75.3 Å². The number of hydrogen-bond acceptors (Lipinski definition) is 3. The van der Waals surface area contributed by atoms with Crippen molar-refractivity contribution in [2.24, 2.45) is 11.8 Å². The predicted octanol–water partition coefficient (Wildman–Crippen LogP) is 3.90. The molecule has 4 heteroatoms. The molecule has 21 heavy (non-hydrogen) atoms. The first kappa shape index (κ1) is 15.7. The van der Waals surface area contributed by atoms with Gasteiger partial charge in [-0.05, 0) is 49.3 Å². The summed E-state index contributed by atoms with van der Waals surface area (Å²) in [5.74, 6) is 0.677. The van der Waals surface area contributed by atoms with Gasteiger partial charge in [0.25, 0.3) is 0 Å². The number of anilines is 2. The van der Waals surface area contributed by atoms with E-state index in [-0.39, 0.29) is 5.56 Å². The number of carbonyl (C=O) groups is 1. The van der Waals surface area contributed by atoms with E-state index < -0.39 is 5.97 Å². The molecular formula is C17H26N2O2. The standard InChI is InChI=1S/C17H26N2O2/c1-11-4-3-5-13(8-11)6-7-19-14-9-12(2)16(18)15(10-14)17(20)21/h9-11,13,19H,3-8,18H2,1-2H3,(H,20,21). The lowest BCUT2D eigenvalue weighted by Gasteiger charge is -2.26. The van der Waals surface area contributed by atoms with Crippen LogP contribution in [0.3, 0.4) is 0 Å². The van der Waals surface area contributed by atoms with Crippen LogP contribution in [-0.4, -0.2) is 17.6 Å². The number of nitrogen functional groups attached to an aromatic ring is 1. The van der Waals surface area contributed by atoms with Crippen LogP contribution in [0, 0.1) is 18.8 Å². The maximum Gasteiger partial charge on any atom is 0.337 e. The Bertz CT molecular complexity index is 514. The van der Waals surface area contributed by atoms with Crippen molar-refractivity contribution in [1.29, 1.82) is 0 Å². The van der Waals surface area contributed by atoms with Gasteiger partial charge in [0.05, 0.1) is 5.56 Å². The number of aromatic carboxylic acids is 1. The van der Waals surface area contributed by atoms with Crippen molar-refractivity contribution >= 4 is 17.3 Å². The fraction of sp³-hybridized carbons (Fsp3) is 0.588. The van der Waals surface area contributed by atoms with Gasteiger partial charge in [-0.15, -0.1) is 0 Å². The van der Waals surface area contributed by atoms with Crippen LogP contribution >= 0.6 is 0 Å². The van der Waals surface area contributed by atoms with Gasteiger partial charge in [0.1, 0.15) is 0 Å². The van der Waals surface area contributed by atoms with E-state index in [1.807, 2.05) is 13.0 Å². The number of nitrogens with one attached hydrogen (secondary N) is 1. The molecule has 1 aromatic rings. The minimum absolute atomic E-state index is 0.184. The lowest BCUT2D eigenvalue weighted by Crippen LogP contribution is -2.17. The van der Waals surface area contributed by atoms with Crippen LogP contribution in [0.25, 0.3) is 0 Å². The molecule has 0 heterocycles. The molecular weight excluding hydrogens is 264 g/mol. The van der Waals surface area contributed by atoms with Gasteiger partial charge in [0.15, 0.2) is 0 Å². The van der Waals surface area contributed by atoms with E-state index in [0.29, 0.717) is 5.69 Å². The van der Waals surface area contributed by atoms with Crippen LogP contribution in [0.1, 0.15) is 54.9 Å². The molecule has 1 fully saturated rings. The van der Waals surface area contributed by atoms with E-state index in [1.54, 1.807) is 6.07 Å². The maximum absolute atomic E-state index is 11.2. The Hall–Kier alpha value is -1.71. The number of hydrogen-bond donors (Lipinski definition) is 3. The second-order valence-corrected chi connectivity index (χ2v) is 6.41. The zero-order chi connectivity index (χ0) is 15.4. The zero-order valence-corrected chi connectivity index (χ0v) is 13.0. The number of rotatable bonds is 5. The number of aryl methyl sites for hydroxylation is 1. The molecule has 1 aromatic carbocycles. The first-order valence-corrected chi connectivity index (χ1v) is 7.84. The first-order valence-electron chi connectivity index (χ1n) is 7.84. The Labute approximate surface area is 126 Å². The van der Waals surface area contributed by atoms with Gasteiger partial charge < -0.3 is 16.2 Å². The molecule has 0 radical (unpaired) electrons. The van der Waals surface area contributed by atoms with Crippen LogP contribution in [0.5, 0.6) is 0 Å². The van der Waals surface area contributed by atoms with E-state index >= 15 is 0 Å². The Balaban J connectivity index is 1.92. The molecule has 4 N–H and O–H groups in total. The van der Waals surface area contributed by atoms with Crippen LogP contribution in [-0.2, 0) is 0 Å². The van der Waals surface area contributed by atoms with Crippen molar-refractivity contribution in [3.63, 3.8) is 0 Å². The molecule has 4 nitrogen and oxygen atoms in total. The SMILES string of the molecule is Cc1cc(NCCC2CCCC(C)C2)cc(C(=O)O)c1N. The van der Waals surface area contributed by atoms with E-state index in [2.05, 4.69) is 12.2 Å². The second-order valence-electron chi connectivity index (χ2n) is 6.41. The zero-order valence-electron chi connectivity index (χ0n) is 13.0. The smallest absolute Gasteiger partial charge is 0.337 e. The summed E-state index contributed by atoms with van der Waals surface area (Å²) in [5.41, 5.74) is 8.00. The minimum atomic E-state index is -0.972. The summed E-state index contributed by atoms with van der Waals surface area (Å²) in [6.07, 6.45) is 6.51. The highest BCUT2D eigenvalue weighted by molar-refractivity contribution is 5.95. The van der Waals surface area contributed by atoms with Crippen molar-refractivity contribution in [2.45, 2.75) is 46.0 Å². The van der Waals surface area contributed by atoms with E-state index in [1.165, 1.54) is 25.7 Å². The fourth-order valence-corrected chi connectivity index (χ4v) is 3.32. The molecule has 2 atom stereocenters. The highest BCUT2D eigenvalue weighted by Gasteiger charge is 2.18. The van der Waals surface area contributed by atoms with Crippen LogP contribution in [0.2, 0.25) is 0 Å². The lowest BCUT2D eigenvalue weighted by atomic mass is 9.81. The lowest BCUT2D eigenvalue weighted by molar-refractivity contribution is 0.0698. The maximum atomic E-state index is 11.2. The Kier molecular flexibility index (Phi) is 5.10. The quantitative estimate of drug-likeness (QED) is 0.719. The highest BCUT2D eigenvalue weighted by atomic mass is 16.4. The third-order valence-electron chi connectivity index (χ3n) is 4.54. The van der Waals surface area contributed by atoms with Crippen LogP contribution in [0.15, 0.2) is 12.1 Å². The van der Waals surface area contributed by atoms with Crippen molar-refractivity contribution in [2.75, 3.05) is 17.6 Å². The number of benzene rings is 1. The molecule has 2 unspecified atom stereocenters. The molecule has 1 aliphatic rings. The fourth-order valence-electron chi connectivity index (χ4n) is 3.32. The van der Waals surface area contributed by atoms with Gasteiger partial charge in [-0.1, -0.05) is 26.2 Å². The summed E-state index contributed by atoms with van der Waals surface area (Å²) in [7, 11) is 0. The predicted molar refractivity (Wildman–Crippen MR) is 86.8 cm³/mol. The summed E-state index contributed by atoms with van der Waals surface area (Å²) in [4.78, 5) is 11.2. The molecule has 0 aliphatic heterocycles. The van der Waals surface area contributed by atoms with Gasteiger partial charge >= 0.3 is 5.97 Å². The van der Waals surface area contributed by atoms with Crippen molar-refractivity contribution in [3.8, 4) is 0 Å². The molecule has 1 aliphatic carbocycles. The van der Waals surface area contributed by atoms with E-state index in [9.17, 15) is 4.79 Å². The largest absolute Gasteiger partial charge is 0.478 e. The van der Waals surface area contributed by atoms with Crippen molar-refractivity contribution in [3.05, 3.63) is 23.3 Å². The van der Waals surface area contributed by atoms with Gasteiger partial charge in [-0.2, -0.15) is 0 Å². The molecule has 2 rings (SSSR count). The summed E-state index contributed by atoms with van der Waals surface area (Å²) in [6.45, 7) is 5.07. The van der Waals surface area contributed by atoms with Crippen molar-refractivity contribution in [1.82, 2.24) is 0 Å². The molecule has 1 saturated carbocycles. The number of carboxylic acids is 1. The highest BCUT2D eigenvalue weighted by Crippen LogP contribution is 2.30. The molecule has 0 amide bonds. The van der Waals surface area contributed by atoms with E-state index in [4.69, 9.17) is 10.8 Å². The molecule has 0 bridgehead atoms. The minimum Gasteiger partial charge on any atom is -0.478 e. The second kappa shape index (κ2) is 6.83. The van der Waals surface area contributed by atoms with Gasteiger partial charge in [-0.25, -0.2) is 4.79 Å². The molecule has 0 saturated heterocycles. The van der Waals surface area contributed by atoms with Crippen LogP contribution < -0.4 is 11.1 Å². The Morgan fingerprint density at radius 1 is 1.43 bits per heavy atom. The first-order chi connectivity index (χ1) is 9.97. The van der Waals surface area contributed by atoms with Crippen molar-refractivity contribution < 1.29 is 9.90 Å². The summed E-state index contributed by atoms with van der Waals surface area (Å²) >= 11 is 0. The number of nitrogens with two attached hydrogens (primary N) is 1. The molecule has 116 valence electrons. The summed E-state index contributed by atoms with van der Waals surface area (Å²) in [5, 5.41) is 12.5. The average Bonchev–Trinajstić information content (AvgIpc) is 2.42. The number of carboxylic acid groups (broad SMARTS) is 1. The van der Waals surface area contributed by atoms with Gasteiger partial charge in [0.2, 0.25) is 0 Å². The summed E-state index contributed by atoms with van der Waals surface area (Å²) in [6, 6.07) is 3.55. The van der Waals surface area contributed by atoms with Crippen LogP contribution in [0.4, 0.5) is 11.4 Å². The van der Waals surface area contributed by atoms with E-state index in [0.717, 1.165) is 36.1 Å². The van der Waals surface area contributed by atoms with Gasteiger partial charge in [-0.3, -0.25) is 0 Å². The third-order valence-corrected chi connectivity index (χ3v) is 4.54. The Morgan fingerprint density at radius 2 is 2.19 bits per heavy atom. The third kappa shape index (κ3) is 4.13. The molecule has 0 aromatic heterocycles. The van der Waals surface area contributed by atoms with Gasteiger partial charge in [0, 0.05) is 17.9 Å². The normalized spacial score (nSPS) is 22.0. The molecule has 0 spiro atoms. The average molecular weight is 290 g/mol. The Morgan fingerprint density at radius 3 is 2.86 bits per heavy atom. The monoisotopic (exact) mass is 290 g/mol.